The number of nitrogens with zero attached hydrogens (tertiary/aromatic N) is 4. The highest BCUT2D eigenvalue weighted by Gasteiger charge is 2.21. The summed E-state index contributed by atoms with van der Waals surface area (Å²) in [5.74, 6) is 1.39. The smallest absolute Gasteiger partial charge is 0.255 e. The fourth-order valence-corrected chi connectivity index (χ4v) is 3.31. The molecule has 0 radical (unpaired) electrons. The van der Waals surface area contributed by atoms with Crippen molar-refractivity contribution in [3.05, 3.63) is 84.6 Å². The van der Waals surface area contributed by atoms with E-state index in [1.807, 2.05) is 72.4 Å². The molecule has 30 heavy (non-hydrogen) atoms. The molecule has 0 saturated carbocycles. The third-order valence-corrected chi connectivity index (χ3v) is 4.90. The Morgan fingerprint density at radius 3 is 2.60 bits per heavy atom. The Balaban J connectivity index is 1.65. The maximum Gasteiger partial charge on any atom is 0.255 e. The van der Waals surface area contributed by atoms with E-state index in [1.165, 1.54) is 0 Å². The Bertz CT molecular complexity index is 1150. The lowest BCUT2D eigenvalue weighted by Gasteiger charge is -2.08. The molecule has 0 aliphatic carbocycles. The second-order valence-electron chi connectivity index (χ2n) is 6.83. The van der Waals surface area contributed by atoms with Crippen molar-refractivity contribution in [2.45, 2.75) is 6.42 Å². The Labute approximate surface area is 174 Å². The molecule has 0 saturated heterocycles. The predicted octanol–water partition coefficient (Wildman–Crippen LogP) is 3.25. The quantitative estimate of drug-likeness (QED) is 0.516. The van der Waals surface area contributed by atoms with Crippen LogP contribution in [0.1, 0.15) is 16.2 Å². The van der Waals surface area contributed by atoms with E-state index in [4.69, 9.17) is 9.84 Å². The van der Waals surface area contributed by atoms with Crippen LogP contribution < -0.4 is 10.1 Å². The van der Waals surface area contributed by atoms with E-state index in [0.29, 0.717) is 30.0 Å². The van der Waals surface area contributed by atoms with E-state index in [1.54, 1.807) is 24.2 Å². The average Bonchev–Trinajstić information content (AvgIpc) is 3.41. The van der Waals surface area contributed by atoms with Gasteiger partial charge in [-0.05, 0) is 24.3 Å². The van der Waals surface area contributed by atoms with Crippen molar-refractivity contribution in [2.75, 3.05) is 13.7 Å². The molecule has 2 aromatic heterocycles. The van der Waals surface area contributed by atoms with Crippen molar-refractivity contribution in [3.8, 4) is 22.7 Å². The van der Waals surface area contributed by atoms with Crippen LogP contribution in [0, 0.1) is 0 Å². The first kappa shape index (κ1) is 19.4. The Morgan fingerprint density at radius 2 is 1.87 bits per heavy atom. The number of methoxy groups -OCH3 is 1. The highest BCUT2D eigenvalue weighted by atomic mass is 16.5. The van der Waals surface area contributed by atoms with Gasteiger partial charge in [0.25, 0.3) is 5.91 Å². The van der Waals surface area contributed by atoms with E-state index in [2.05, 4.69) is 10.3 Å². The van der Waals surface area contributed by atoms with Gasteiger partial charge >= 0.3 is 0 Å². The van der Waals surface area contributed by atoms with Crippen molar-refractivity contribution in [1.29, 1.82) is 0 Å². The third kappa shape index (κ3) is 3.96. The van der Waals surface area contributed by atoms with Gasteiger partial charge in [-0.3, -0.25) is 4.79 Å². The fraction of sp³-hybridized carbons (Fsp3) is 0.174. The highest BCUT2D eigenvalue weighted by molar-refractivity contribution is 6.00. The largest absolute Gasteiger partial charge is 0.496 e. The van der Waals surface area contributed by atoms with Crippen molar-refractivity contribution in [1.82, 2.24) is 24.6 Å². The van der Waals surface area contributed by atoms with Crippen LogP contribution in [0.25, 0.3) is 16.9 Å². The number of amides is 1. The second kappa shape index (κ2) is 8.65. The molecule has 0 unspecified atom stereocenters. The number of rotatable bonds is 7. The zero-order chi connectivity index (χ0) is 20.9. The van der Waals surface area contributed by atoms with Crippen LogP contribution in [-0.2, 0) is 13.5 Å². The molecule has 0 aliphatic rings. The molecular weight excluding hydrogens is 378 g/mol. The monoisotopic (exact) mass is 401 g/mol. The topological polar surface area (TPSA) is 74.0 Å². The van der Waals surface area contributed by atoms with Crippen LogP contribution in [0.5, 0.6) is 5.75 Å². The first-order valence-electron chi connectivity index (χ1n) is 9.70. The second-order valence-corrected chi connectivity index (χ2v) is 6.83. The van der Waals surface area contributed by atoms with Crippen LogP contribution >= 0.6 is 0 Å². The first-order valence-corrected chi connectivity index (χ1v) is 9.70. The number of para-hydroxylation sites is 2. The summed E-state index contributed by atoms with van der Waals surface area (Å²) in [6.45, 7) is 0.478. The van der Waals surface area contributed by atoms with E-state index < -0.39 is 0 Å². The Morgan fingerprint density at radius 1 is 1.10 bits per heavy atom. The van der Waals surface area contributed by atoms with Crippen LogP contribution in [0.2, 0.25) is 0 Å². The van der Waals surface area contributed by atoms with Crippen molar-refractivity contribution < 1.29 is 9.53 Å². The van der Waals surface area contributed by atoms with E-state index in [-0.39, 0.29) is 5.91 Å². The Hall–Kier alpha value is -3.87. The van der Waals surface area contributed by atoms with E-state index in [0.717, 1.165) is 17.1 Å². The third-order valence-electron chi connectivity index (χ3n) is 4.90. The number of aryl methyl sites for hydroxylation is 1. The van der Waals surface area contributed by atoms with Gasteiger partial charge in [0.2, 0.25) is 0 Å². The minimum absolute atomic E-state index is 0.188. The average molecular weight is 401 g/mol. The molecule has 0 atom stereocenters. The zero-order valence-corrected chi connectivity index (χ0v) is 16.9. The molecule has 0 aliphatic heterocycles. The summed E-state index contributed by atoms with van der Waals surface area (Å²) in [7, 11) is 3.55. The zero-order valence-electron chi connectivity index (χ0n) is 16.9. The van der Waals surface area contributed by atoms with Gasteiger partial charge < -0.3 is 14.6 Å². The summed E-state index contributed by atoms with van der Waals surface area (Å²) in [4.78, 5) is 17.4. The molecule has 152 valence electrons. The van der Waals surface area contributed by atoms with Crippen molar-refractivity contribution in [3.63, 3.8) is 0 Å². The van der Waals surface area contributed by atoms with E-state index >= 15 is 0 Å². The molecular formula is C23H23N5O2. The fourth-order valence-electron chi connectivity index (χ4n) is 3.31. The van der Waals surface area contributed by atoms with Gasteiger partial charge in [0.05, 0.1) is 18.4 Å². The number of ether oxygens (including phenoxy) is 1. The number of hydrogen-bond acceptors (Lipinski definition) is 4. The summed E-state index contributed by atoms with van der Waals surface area (Å²) >= 11 is 0. The van der Waals surface area contributed by atoms with Gasteiger partial charge in [0.15, 0.2) is 0 Å². The molecule has 2 heterocycles. The molecule has 1 amide bonds. The van der Waals surface area contributed by atoms with E-state index in [9.17, 15) is 4.79 Å². The minimum atomic E-state index is -0.188. The molecule has 7 nitrogen and oxygen atoms in total. The molecule has 0 bridgehead atoms. The van der Waals surface area contributed by atoms with Crippen molar-refractivity contribution in [2.24, 2.45) is 7.05 Å². The summed E-state index contributed by atoms with van der Waals surface area (Å²) in [5.41, 5.74) is 2.71. The molecule has 4 aromatic rings. The first-order chi connectivity index (χ1) is 14.7. The lowest BCUT2D eigenvalue weighted by molar-refractivity contribution is 0.0954. The van der Waals surface area contributed by atoms with Crippen LogP contribution in [0.3, 0.4) is 0 Å². The van der Waals surface area contributed by atoms with Crippen LogP contribution in [0.15, 0.2) is 73.2 Å². The van der Waals surface area contributed by atoms with Crippen LogP contribution in [-0.4, -0.2) is 38.9 Å². The van der Waals surface area contributed by atoms with Gasteiger partial charge in [-0.2, -0.15) is 5.10 Å². The number of benzene rings is 2. The number of carbonyl (C=O) groups excluding carboxylic acids is 1. The summed E-state index contributed by atoms with van der Waals surface area (Å²) in [6, 6.07) is 17.3. The molecule has 0 fully saturated rings. The van der Waals surface area contributed by atoms with Gasteiger partial charge in [-0.15, -0.1) is 0 Å². The summed E-state index contributed by atoms with van der Waals surface area (Å²) < 4.78 is 9.16. The highest BCUT2D eigenvalue weighted by Crippen LogP contribution is 2.31. The van der Waals surface area contributed by atoms with Gasteiger partial charge in [0.1, 0.15) is 17.3 Å². The normalized spacial score (nSPS) is 10.7. The molecule has 0 spiro atoms. The minimum Gasteiger partial charge on any atom is -0.496 e. The van der Waals surface area contributed by atoms with Gasteiger partial charge in [-0.1, -0.05) is 30.3 Å². The molecule has 7 heteroatoms. The van der Waals surface area contributed by atoms with Crippen LogP contribution in [0.4, 0.5) is 0 Å². The summed E-state index contributed by atoms with van der Waals surface area (Å²) in [6.07, 6.45) is 6.04. The lowest BCUT2D eigenvalue weighted by Crippen LogP contribution is -2.26. The number of imidazole rings is 1. The predicted molar refractivity (Wildman–Crippen MR) is 115 cm³/mol. The maximum absolute atomic E-state index is 13.1. The molecule has 1 N–H and O–H groups in total. The standard InChI is InChI=1S/C23H23N5O2/c1-27-15-14-24-21(27)12-13-25-23(29)19-16-28(17-8-4-3-5-9-17)26-22(19)18-10-6-7-11-20(18)30-2/h3-11,14-16H,12-13H2,1-2H3,(H,25,29). The lowest BCUT2D eigenvalue weighted by atomic mass is 10.1. The molecule has 4 rings (SSSR count). The van der Waals surface area contributed by atoms with Crippen molar-refractivity contribution >= 4 is 5.91 Å². The summed E-state index contributed by atoms with van der Waals surface area (Å²) in [5, 5.41) is 7.70. The maximum atomic E-state index is 13.1. The SMILES string of the molecule is COc1ccccc1-c1nn(-c2ccccc2)cc1C(=O)NCCc1nccn1C. The Kier molecular flexibility index (Phi) is 5.61. The number of nitrogens with one attached hydrogen (secondary N) is 1. The molecule has 2 aromatic carbocycles. The number of aromatic nitrogens is 4. The van der Waals surface area contributed by atoms with Gasteiger partial charge in [0, 0.05) is 44.2 Å². The number of carbonyl (C=O) groups is 1. The van der Waals surface area contributed by atoms with Gasteiger partial charge in [-0.25, -0.2) is 9.67 Å². The number of hydrogen-bond donors (Lipinski definition) is 1.